The number of rotatable bonds is 6. The van der Waals surface area contributed by atoms with Crippen LogP contribution in [0.2, 0.25) is 0 Å². The smallest absolute Gasteiger partial charge is 0.0376 e. The molecule has 100 valence electrons. The predicted octanol–water partition coefficient (Wildman–Crippen LogP) is 3.23. The third-order valence-corrected chi connectivity index (χ3v) is 4.49. The maximum absolute atomic E-state index is 3.46. The van der Waals surface area contributed by atoms with Gasteiger partial charge in [0.2, 0.25) is 0 Å². The molecule has 3 heteroatoms. The molecule has 1 unspecified atom stereocenters. The Labute approximate surface area is 115 Å². The van der Waals surface area contributed by atoms with Crippen LogP contribution in [-0.4, -0.2) is 36.5 Å². The van der Waals surface area contributed by atoms with E-state index in [9.17, 15) is 0 Å². The van der Waals surface area contributed by atoms with Gasteiger partial charge >= 0.3 is 0 Å². The third-order valence-electron chi connectivity index (χ3n) is 3.77. The zero-order chi connectivity index (χ0) is 13.0. The second-order valence-electron chi connectivity index (χ2n) is 5.10. The fraction of sp³-hybridized carbons (Fsp3) is 0.600. The van der Waals surface area contributed by atoms with Gasteiger partial charge in [-0.25, -0.2) is 0 Å². The van der Waals surface area contributed by atoms with E-state index in [1.807, 2.05) is 11.8 Å². The summed E-state index contributed by atoms with van der Waals surface area (Å²) in [5.41, 5.74) is 4.24. The van der Waals surface area contributed by atoms with Crippen molar-refractivity contribution < 1.29 is 0 Å². The second kappa shape index (κ2) is 6.48. The normalized spacial score (nSPS) is 15.6. The van der Waals surface area contributed by atoms with Gasteiger partial charge in [0.1, 0.15) is 0 Å². The lowest BCUT2D eigenvalue weighted by Crippen LogP contribution is -2.32. The molecule has 0 saturated heterocycles. The number of hydrogen-bond donors (Lipinski definition) is 1. The Balaban J connectivity index is 2.00. The van der Waals surface area contributed by atoms with Crippen molar-refractivity contribution in [1.29, 1.82) is 0 Å². The summed E-state index contributed by atoms with van der Waals surface area (Å²) >= 11 is 1.94. The molecule has 0 saturated carbocycles. The van der Waals surface area contributed by atoms with Gasteiger partial charge in [0, 0.05) is 30.6 Å². The van der Waals surface area contributed by atoms with E-state index in [-0.39, 0.29) is 0 Å². The molecule has 0 aromatic heterocycles. The van der Waals surface area contributed by atoms with Crippen molar-refractivity contribution in [2.24, 2.45) is 0 Å². The van der Waals surface area contributed by atoms with E-state index in [2.05, 4.69) is 48.6 Å². The standard InChI is InChI=1S/C15H24N2S/c1-4-14(11-18-3)17(2)10-12-5-6-13-7-8-16-15(13)9-12/h5-6,9,14,16H,4,7-8,10-11H2,1-3H3. The van der Waals surface area contributed by atoms with E-state index in [1.54, 1.807) is 0 Å². The highest BCUT2D eigenvalue weighted by atomic mass is 32.2. The lowest BCUT2D eigenvalue weighted by atomic mass is 10.1. The molecule has 0 radical (unpaired) electrons. The highest BCUT2D eigenvalue weighted by Gasteiger charge is 2.14. The first-order valence-electron chi connectivity index (χ1n) is 6.79. The number of thioether (sulfide) groups is 1. The minimum atomic E-state index is 0.682. The Kier molecular flexibility index (Phi) is 4.95. The van der Waals surface area contributed by atoms with Gasteiger partial charge in [-0.15, -0.1) is 0 Å². The molecular weight excluding hydrogens is 240 g/mol. The predicted molar refractivity (Wildman–Crippen MR) is 82.6 cm³/mol. The highest BCUT2D eigenvalue weighted by Crippen LogP contribution is 2.24. The van der Waals surface area contributed by atoms with Crippen LogP contribution in [0, 0.1) is 0 Å². The number of benzene rings is 1. The molecule has 1 atom stereocenters. The average Bonchev–Trinajstić information content (AvgIpc) is 2.83. The van der Waals surface area contributed by atoms with Crippen LogP contribution in [0.5, 0.6) is 0 Å². The first kappa shape index (κ1) is 13.8. The van der Waals surface area contributed by atoms with Crippen molar-refractivity contribution in [2.45, 2.75) is 32.4 Å². The Hall–Kier alpha value is -0.670. The molecule has 1 aliphatic heterocycles. The summed E-state index contributed by atoms with van der Waals surface area (Å²) in [6.45, 7) is 4.42. The first-order valence-corrected chi connectivity index (χ1v) is 8.18. The van der Waals surface area contributed by atoms with E-state index in [0.717, 1.165) is 13.1 Å². The molecule has 0 amide bonds. The summed E-state index contributed by atoms with van der Waals surface area (Å²) in [5, 5.41) is 3.46. The quantitative estimate of drug-likeness (QED) is 0.849. The molecule has 0 spiro atoms. The van der Waals surface area contributed by atoms with Crippen LogP contribution in [0.4, 0.5) is 5.69 Å². The van der Waals surface area contributed by atoms with Gasteiger partial charge in [-0.1, -0.05) is 19.1 Å². The SMILES string of the molecule is CCC(CSC)N(C)Cc1ccc2c(c1)NCC2. The van der Waals surface area contributed by atoms with Gasteiger partial charge in [-0.3, -0.25) is 4.90 Å². The largest absolute Gasteiger partial charge is 0.384 e. The Morgan fingerprint density at radius 3 is 3.00 bits per heavy atom. The molecule has 0 aliphatic carbocycles. The van der Waals surface area contributed by atoms with Crippen LogP contribution >= 0.6 is 11.8 Å². The molecular formula is C15H24N2S. The molecule has 0 bridgehead atoms. The molecule has 0 fully saturated rings. The molecule has 18 heavy (non-hydrogen) atoms. The van der Waals surface area contributed by atoms with E-state index in [4.69, 9.17) is 0 Å². The molecule has 1 heterocycles. The van der Waals surface area contributed by atoms with Gasteiger partial charge in [0.25, 0.3) is 0 Å². The minimum absolute atomic E-state index is 0.682. The highest BCUT2D eigenvalue weighted by molar-refractivity contribution is 7.98. The van der Waals surface area contributed by atoms with Gasteiger partial charge in [-0.2, -0.15) is 11.8 Å². The van der Waals surface area contributed by atoms with Crippen LogP contribution in [0.15, 0.2) is 18.2 Å². The Bertz CT molecular complexity index is 392. The molecule has 2 nitrogen and oxygen atoms in total. The maximum atomic E-state index is 3.46. The first-order chi connectivity index (χ1) is 8.74. The number of nitrogens with zero attached hydrogens (tertiary/aromatic N) is 1. The van der Waals surface area contributed by atoms with E-state index in [0.29, 0.717) is 6.04 Å². The summed E-state index contributed by atoms with van der Waals surface area (Å²) < 4.78 is 0. The zero-order valence-electron chi connectivity index (χ0n) is 11.7. The topological polar surface area (TPSA) is 15.3 Å². The molecule has 2 rings (SSSR count). The molecule has 1 N–H and O–H groups in total. The van der Waals surface area contributed by atoms with Crippen LogP contribution < -0.4 is 5.32 Å². The van der Waals surface area contributed by atoms with Crippen molar-refractivity contribution in [3.63, 3.8) is 0 Å². The van der Waals surface area contributed by atoms with Gasteiger partial charge in [0.15, 0.2) is 0 Å². The van der Waals surface area contributed by atoms with Crippen molar-refractivity contribution >= 4 is 17.4 Å². The van der Waals surface area contributed by atoms with Crippen LogP contribution in [0.25, 0.3) is 0 Å². The van der Waals surface area contributed by atoms with Gasteiger partial charge < -0.3 is 5.32 Å². The van der Waals surface area contributed by atoms with Gasteiger partial charge in [0.05, 0.1) is 0 Å². The van der Waals surface area contributed by atoms with Crippen molar-refractivity contribution in [3.05, 3.63) is 29.3 Å². The number of anilines is 1. The van der Waals surface area contributed by atoms with Crippen molar-refractivity contribution in [2.75, 3.05) is 30.9 Å². The van der Waals surface area contributed by atoms with Crippen LogP contribution in [0.3, 0.4) is 0 Å². The zero-order valence-corrected chi connectivity index (χ0v) is 12.5. The summed E-state index contributed by atoms with van der Waals surface area (Å²) in [4.78, 5) is 2.48. The lowest BCUT2D eigenvalue weighted by Gasteiger charge is -2.26. The van der Waals surface area contributed by atoms with E-state index in [1.165, 1.54) is 35.4 Å². The molecule has 1 aromatic rings. The van der Waals surface area contributed by atoms with E-state index < -0.39 is 0 Å². The maximum Gasteiger partial charge on any atom is 0.0376 e. The summed E-state index contributed by atoms with van der Waals surface area (Å²) in [7, 11) is 2.24. The fourth-order valence-corrected chi connectivity index (χ4v) is 3.48. The summed E-state index contributed by atoms with van der Waals surface area (Å²) in [5.74, 6) is 1.22. The Morgan fingerprint density at radius 2 is 2.28 bits per heavy atom. The summed E-state index contributed by atoms with van der Waals surface area (Å²) in [6.07, 6.45) is 4.59. The number of fused-ring (bicyclic) bond motifs is 1. The van der Waals surface area contributed by atoms with Crippen molar-refractivity contribution in [3.8, 4) is 0 Å². The lowest BCUT2D eigenvalue weighted by molar-refractivity contribution is 0.248. The Morgan fingerprint density at radius 1 is 1.44 bits per heavy atom. The average molecular weight is 264 g/mol. The van der Waals surface area contributed by atoms with Crippen LogP contribution in [0.1, 0.15) is 24.5 Å². The van der Waals surface area contributed by atoms with Crippen LogP contribution in [-0.2, 0) is 13.0 Å². The fourth-order valence-electron chi connectivity index (χ4n) is 2.60. The second-order valence-corrected chi connectivity index (χ2v) is 6.01. The minimum Gasteiger partial charge on any atom is -0.384 e. The monoisotopic (exact) mass is 264 g/mol. The van der Waals surface area contributed by atoms with Crippen molar-refractivity contribution in [1.82, 2.24) is 4.90 Å². The molecule has 1 aliphatic rings. The van der Waals surface area contributed by atoms with E-state index >= 15 is 0 Å². The molecule has 1 aromatic carbocycles. The number of hydrogen-bond acceptors (Lipinski definition) is 3. The van der Waals surface area contributed by atoms with Gasteiger partial charge in [-0.05, 0) is 43.3 Å². The number of nitrogens with one attached hydrogen (secondary N) is 1. The summed E-state index contributed by atoms with van der Waals surface area (Å²) in [6, 6.07) is 7.58. The third kappa shape index (κ3) is 3.21.